The second-order valence-corrected chi connectivity index (χ2v) is 35.5. The summed E-state index contributed by atoms with van der Waals surface area (Å²) in [4.78, 5) is 96.1. The van der Waals surface area contributed by atoms with Crippen molar-refractivity contribution in [1.82, 2.24) is 0 Å². The Hall–Kier alpha value is -5.28. The Morgan fingerprint density at radius 2 is 0.460 bits per heavy atom. The predicted molar refractivity (Wildman–Crippen MR) is 374 cm³/mol. The van der Waals surface area contributed by atoms with Crippen LogP contribution in [0, 0.1) is 118 Å². The van der Waals surface area contributed by atoms with Crippen molar-refractivity contribution < 1.29 is 76.3 Å². The number of esters is 8. The molecule has 20 aliphatic rings. The molecule has 100 heavy (non-hydrogen) atoms. The zero-order chi connectivity index (χ0) is 70.1. The molecule has 0 aromatic rings. The van der Waals surface area contributed by atoms with Gasteiger partial charge in [0.05, 0.1) is 0 Å². The highest BCUT2D eigenvalue weighted by atomic mass is 16.6. The summed E-state index contributed by atoms with van der Waals surface area (Å²) in [5.74, 6) is 9.29. The first-order chi connectivity index (χ1) is 48.2. The maximum absolute atomic E-state index is 12.7. The highest BCUT2D eigenvalue weighted by Crippen LogP contribution is 2.68. The van der Waals surface area contributed by atoms with E-state index in [-0.39, 0.29) is 72.7 Å². The van der Waals surface area contributed by atoms with E-state index in [9.17, 15) is 38.4 Å². The van der Waals surface area contributed by atoms with Gasteiger partial charge in [-0.2, -0.15) is 0 Å². The summed E-state index contributed by atoms with van der Waals surface area (Å²) in [6, 6.07) is 0. The van der Waals surface area contributed by atoms with E-state index in [1.54, 1.807) is 13.8 Å². The average Bonchev–Trinajstić information content (AvgIpc) is 0.849. The highest BCUT2D eigenvalue weighted by molar-refractivity contribution is 5.89. The van der Waals surface area contributed by atoms with Gasteiger partial charge in [-0.25, -0.2) is 38.4 Å². The third-order valence-corrected chi connectivity index (χ3v) is 29.6. The lowest BCUT2D eigenvalue weighted by Gasteiger charge is -2.63. The monoisotopic (exact) mass is 1380 g/mol. The van der Waals surface area contributed by atoms with Gasteiger partial charge in [0.1, 0.15) is 22.4 Å². The number of carbonyl (C=O) groups excluding carboxylic acids is 8. The predicted octanol–water partition coefficient (Wildman–Crippen LogP) is 16.1. The van der Waals surface area contributed by atoms with Crippen molar-refractivity contribution in [2.24, 2.45) is 118 Å². The van der Waals surface area contributed by atoms with Crippen LogP contribution in [0.15, 0.2) is 49.6 Å². The molecule has 0 aliphatic heterocycles. The second-order valence-electron chi connectivity index (χ2n) is 35.5. The highest BCUT2D eigenvalue weighted by Gasteiger charge is 2.67. The van der Waals surface area contributed by atoms with Crippen molar-refractivity contribution >= 4 is 47.8 Å². The van der Waals surface area contributed by atoms with E-state index in [0.29, 0.717) is 82.2 Å². The molecule has 0 aromatic carbocycles. The molecule has 0 spiro atoms. The zero-order valence-corrected chi connectivity index (χ0v) is 60.8. The van der Waals surface area contributed by atoms with Crippen LogP contribution in [0.5, 0.6) is 0 Å². The van der Waals surface area contributed by atoms with Crippen LogP contribution in [-0.4, -0.2) is 96.6 Å². The molecule has 20 fully saturated rings. The van der Waals surface area contributed by atoms with Crippen molar-refractivity contribution in [2.45, 2.75) is 280 Å². The lowest BCUT2D eigenvalue weighted by Crippen LogP contribution is -2.63. The van der Waals surface area contributed by atoms with Crippen molar-refractivity contribution in [3.8, 4) is 0 Å². The molecule has 16 bridgehead atoms. The third kappa shape index (κ3) is 14.9. The van der Waals surface area contributed by atoms with Gasteiger partial charge in [0.25, 0.3) is 0 Å². The van der Waals surface area contributed by atoms with Gasteiger partial charge in [-0.05, 0) is 312 Å². The molecular weight excluding hydrogens is 1260 g/mol. The van der Waals surface area contributed by atoms with E-state index in [1.165, 1.54) is 244 Å². The molecule has 0 atom stereocenters. The summed E-state index contributed by atoms with van der Waals surface area (Å²) < 4.78 is 45.2. The standard InChI is InChI=1S/C22H32O4.2C21H30O4.C20H28O4/c1-14(2)21(24)25-13-20(23)26-22(17-6-4-3-5-7-17)18-9-15-8-16(11-18)12-19(22)10-15;1-13(2)20(23)24-12-19(22)25-21(16-5-3-4-6-16)17-8-14-7-15(10-17)11-18(21)9-14;1-2-19(22)24-13-20(23)25-21(16-6-4-3-5-7-16)17-9-14-8-15(11-17)12-18(21)10-14;1-2-18(21)23-12-19(22)24-20(15-5-3-4-6-15)16-8-13-7-14(10-16)11-17(20)9-13/h15-19H,1,3-13H2,2H3;14-18H,1,3-12H2,2H3;2,14-18H,1,3-13H2;2,13-17H,1,3-12H2. The molecule has 20 aliphatic carbocycles. The molecule has 552 valence electrons. The van der Waals surface area contributed by atoms with Crippen LogP contribution in [0.1, 0.15) is 258 Å². The summed E-state index contributed by atoms with van der Waals surface area (Å²) in [5.41, 5.74) is -0.507. The van der Waals surface area contributed by atoms with E-state index in [0.717, 1.165) is 59.5 Å². The first-order valence-electron chi connectivity index (χ1n) is 40.3. The van der Waals surface area contributed by atoms with Crippen LogP contribution < -0.4 is 0 Å². The van der Waals surface area contributed by atoms with E-state index in [1.807, 2.05) is 0 Å². The number of hydrogen-bond donors (Lipinski definition) is 0. The Kier molecular flexibility index (Phi) is 22.8. The lowest BCUT2D eigenvalue weighted by atomic mass is 9.46. The Labute approximate surface area is 595 Å². The molecule has 20 saturated carbocycles. The lowest BCUT2D eigenvalue weighted by molar-refractivity contribution is -0.235. The van der Waals surface area contributed by atoms with Gasteiger partial charge in [-0.1, -0.05) is 90.5 Å². The normalized spacial score (nSPS) is 39.6. The van der Waals surface area contributed by atoms with Crippen LogP contribution in [0.2, 0.25) is 0 Å². The Bertz CT molecular complexity index is 2910. The minimum Gasteiger partial charge on any atom is -0.456 e. The van der Waals surface area contributed by atoms with E-state index in [2.05, 4.69) is 26.3 Å². The van der Waals surface area contributed by atoms with Crippen LogP contribution in [0.3, 0.4) is 0 Å². The Balaban J connectivity index is 0.000000120. The largest absolute Gasteiger partial charge is 0.456 e. The van der Waals surface area contributed by atoms with Crippen LogP contribution in [0.25, 0.3) is 0 Å². The molecule has 0 amide bonds. The van der Waals surface area contributed by atoms with Gasteiger partial charge >= 0.3 is 47.8 Å². The Morgan fingerprint density at radius 3 is 0.640 bits per heavy atom. The molecule has 16 nitrogen and oxygen atoms in total. The van der Waals surface area contributed by atoms with Crippen molar-refractivity contribution in [3.05, 3.63) is 49.6 Å². The van der Waals surface area contributed by atoms with E-state index >= 15 is 0 Å². The number of carbonyl (C=O) groups is 8. The maximum atomic E-state index is 12.7. The number of ether oxygens (including phenoxy) is 8. The van der Waals surface area contributed by atoms with Crippen molar-refractivity contribution in [2.75, 3.05) is 26.4 Å². The smallest absolute Gasteiger partial charge is 0.344 e. The topological polar surface area (TPSA) is 210 Å². The van der Waals surface area contributed by atoms with Gasteiger partial charge in [0.2, 0.25) is 0 Å². The van der Waals surface area contributed by atoms with E-state index in [4.69, 9.17) is 37.9 Å². The third-order valence-electron chi connectivity index (χ3n) is 29.6. The van der Waals surface area contributed by atoms with Gasteiger partial charge in [-0.3, -0.25) is 0 Å². The average molecular weight is 1390 g/mol. The fourth-order valence-electron chi connectivity index (χ4n) is 27.0. The van der Waals surface area contributed by atoms with Gasteiger partial charge < -0.3 is 37.9 Å². The molecule has 20 rings (SSSR count). The van der Waals surface area contributed by atoms with Crippen LogP contribution in [0.4, 0.5) is 0 Å². The molecule has 16 heteroatoms. The number of rotatable bonds is 20. The first-order valence-corrected chi connectivity index (χ1v) is 40.3. The number of hydrogen-bond acceptors (Lipinski definition) is 16. The summed E-state index contributed by atoms with van der Waals surface area (Å²) in [6.07, 6.45) is 49.4. The second kappa shape index (κ2) is 31.2. The van der Waals surface area contributed by atoms with Crippen molar-refractivity contribution in [3.63, 3.8) is 0 Å². The van der Waals surface area contributed by atoms with Gasteiger partial charge in [0, 0.05) is 23.3 Å². The molecule has 0 saturated heterocycles. The quantitative estimate of drug-likeness (QED) is 0.0630. The molecular formula is C84H120O16. The molecule has 0 aromatic heterocycles. The first kappa shape index (κ1) is 73.0. The van der Waals surface area contributed by atoms with Crippen molar-refractivity contribution in [1.29, 1.82) is 0 Å². The van der Waals surface area contributed by atoms with Gasteiger partial charge in [0.15, 0.2) is 26.4 Å². The molecule has 0 N–H and O–H groups in total. The van der Waals surface area contributed by atoms with Gasteiger partial charge in [-0.15, -0.1) is 0 Å². The zero-order valence-electron chi connectivity index (χ0n) is 60.8. The van der Waals surface area contributed by atoms with Crippen LogP contribution >= 0.6 is 0 Å². The maximum Gasteiger partial charge on any atom is 0.344 e. The molecule has 0 heterocycles. The Morgan fingerprint density at radius 1 is 0.280 bits per heavy atom. The molecule has 0 radical (unpaired) electrons. The summed E-state index contributed by atoms with van der Waals surface area (Å²) in [7, 11) is 0. The fraction of sp³-hybridized carbons (Fsp3) is 0.810. The fourth-order valence-corrected chi connectivity index (χ4v) is 27.0. The van der Waals surface area contributed by atoms with Crippen LogP contribution in [-0.2, 0) is 76.3 Å². The minimum atomic E-state index is -0.563. The summed E-state index contributed by atoms with van der Waals surface area (Å²) >= 11 is 0. The SMILES string of the molecule is C=C(C)C(=O)OCC(=O)OC1(C2CCCC2)C2CC3CC(C2)CC1C3.C=C(C)C(=O)OCC(=O)OC1(C2CCCCC2)C2CC3CC(C2)CC1C3.C=CC(=O)OCC(=O)OC1(C2CCCC2)C2CC3CC(C2)CC1C3.C=CC(=O)OCC(=O)OC1(C2CCCCC2)C2CC3CC(C2)CC1C3. The van der Waals surface area contributed by atoms with E-state index < -0.39 is 23.9 Å². The molecule has 0 unspecified atom stereocenters. The summed E-state index contributed by atoms with van der Waals surface area (Å²) in [5, 5.41) is 0. The summed E-state index contributed by atoms with van der Waals surface area (Å²) in [6.45, 7) is 15.9. The minimum absolute atomic E-state index is 0.276.